The number of pyridine rings is 1. The maximum absolute atomic E-state index is 13.4. The SMILES string of the molecule is O=C(Cn1cc(S(=O)(=O)N2CCCC2)ccc1=O)c1ccc(-c2ccc(Cl)cc2C(F)(F)F)cc1. The average Bonchev–Trinajstić information content (AvgIpc) is 3.36. The lowest BCUT2D eigenvalue weighted by Gasteiger charge is -2.16. The Balaban J connectivity index is 1.58. The van der Waals surface area contributed by atoms with Crippen molar-refractivity contribution >= 4 is 27.4 Å². The van der Waals surface area contributed by atoms with Gasteiger partial charge in [0, 0.05) is 35.9 Å². The lowest BCUT2D eigenvalue weighted by molar-refractivity contribution is -0.137. The molecule has 4 rings (SSSR count). The first-order chi connectivity index (χ1) is 16.5. The fourth-order valence-corrected chi connectivity index (χ4v) is 5.66. The van der Waals surface area contributed by atoms with Gasteiger partial charge in [0.2, 0.25) is 10.0 Å². The Morgan fingerprint density at radius 2 is 1.63 bits per heavy atom. The number of hydrogen-bond donors (Lipinski definition) is 0. The molecule has 1 aliphatic heterocycles. The number of nitrogens with zero attached hydrogens (tertiary/aromatic N) is 2. The van der Waals surface area contributed by atoms with E-state index in [2.05, 4.69) is 0 Å². The molecule has 1 aromatic heterocycles. The van der Waals surface area contributed by atoms with Crippen LogP contribution in [0.2, 0.25) is 5.02 Å². The Labute approximate surface area is 204 Å². The lowest BCUT2D eigenvalue weighted by Crippen LogP contribution is -2.30. The van der Waals surface area contributed by atoms with E-state index in [-0.39, 0.29) is 26.6 Å². The highest BCUT2D eigenvalue weighted by atomic mass is 35.5. The van der Waals surface area contributed by atoms with Crippen LogP contribution < -0.4 is 5.56 Å². The quantitative estimate of drug-likeness (QED) is 0.432. The van der Waals surface area contributed by atoms with Gasteiger partial charge in [0.15, 0.2) is 5.78 Å². The van der Waals surface area contributed by atoms with Crippen LogP contribution in [0.25, 0.3) is 11.1 Å². The summed E-state index contributed by atoms with van der Waals surface area (Å²) in [5.41, 5.74) is -1.13. The second kappa shape index (κ2) is 9.60. The van der Waals surface area contributed by atoms with E-state index in [1.54, 1.807) is 0 Å². The first-order valence-electron chi connectivity index (χ1n) is 10.7. The number of carbonyl (C=O) groups is 1. The molecular formula is C24H20ClF3N2O4S. The Hall–Kier alpha value is -2.95. The van der Waals surface area contributed by atoms with Gasteiger partial charge in [-0.15, -0.1) is 0 Å². The third-order valence-corrected chi connectivity index (χ3v) is 7.90. The minimum Gasteiger partial charge on any atom is -0.306 e. The molecule has 1 aliphatic rings. The fraction of sp³-hybridized carbons (Fsp3) is 0.250. The zero-order chi connectivity index (χ0) is 25.4. The van der Waals surface area contributed by atoms with E-state index in [1.165, 1.54) is 46.8 Å². The smallest absolute Gasteiger partial charge is 0.306 e. The Bertz CT molecular complexity index is 1430. The van der Waals surface area contributed by atoms with Crippen LogP contribution in [0.5, 0.6) is 0 Å². The Morgan fingerprint density at radius 1 is 0.971 bits per heavy atom. The van der Waals surface area contributed by atoms with Gasteiger partial charge < -0.3 is 4.57 Å². The van der Waals surface area contributed by atoms with E-state index in [4.69, 9.17) is 11.6 Å². The molecule has 1 fully saturated rings. The number of halogens is 4. The van der Waals surface area contributed by atoms with Gasteiger partial charge in [0.1, 0.15) is 0 Å². The second-order valence-corrected chi connectivity index (χ2v) is 10.5. The topological polar surface area (TPSA) is 76.5 Å². The standard InChI is InChI=1S/C24H20ClF3N2O4S/c25-18-7-9-20(21(13-18)24(26,27)28)16-3-5-17(6-4-16)22(31)15-29-14-19(8-10-23(29)32)35(33,34)30-11-1-2-12-30/h3-10,13-14H,1-2,11-12,15H2. The highest BCUT2D eigenvalue weighted by molar-refractivity contribution is 7.89. The number of carbonyl (C=O) groups excluding carboxylic acids is 1. The van der Waals surface area contributed by atoms with E-state index in [0.29, 0.717) is 13.1 Å². The molecule has 0 radical (unpaired) electrons. The van der Waals surface area contributed by atoms with Crippen molar-refractivity contribution in [1.82, 2.24) is 8.87 Å². The molecule has 2 aromatic carbocycles. The summed E-state index contributed by atoms with van der Waals surface area (Å²) < 4.78 is 68.2. The van der Waals surface area contributed by atoms with Crippen molar-refractivity contribution in [3.8, 4) is 11.1 Å². The van der Waals surface area contributed by atoms with Gasteiger partial charge >= 0.3 is 6.18 Å². The van der Waals surface area contributed by atoms with Gasteiger partial charge in [-0.05, 0) is 42.2 Å². The first kappa shape index (κ1) is 25.2. The van der Waals surface area contributed by atoms with Gasteiger partial charge in [-0.1, -0.05) is 41.9 Å². The highest BCUT2D eigenvalue weighted by Crippen LogP contribution is 2.38. The molecule has 184 valence electrons. The zero-order valence-electron chi connectivity index (χ0n) is 18.3. The van der Waals surface area contributed by atoms with E-state index < -0.39 is 39.7 Å². The number of aromatic nitrogens is 1. The zero-order valence-corrected chi connectivity index (χ0v) is 19.8. The monoisotopic (exact) mass is 524 g/mol. The first-order valence-corrected chi connectivity index (χ1v) is 12.5. The number of alkyl halides is 3. The van der Waals surface area contributed by atoms with Crippen molar-refractivity contribution in [2.45, 2.75) is 30.5 Å². The molecule has 0 saturated carbocycles. The van der Waals surface area contributed by atoms with Crippen LogP contribution in [-0.4, -0.2) is 36.2 Å². The number of rotatable bonds is 6. The van der Waals surface area contributed by atoms with Crippen molar-refractivity contribution in [3.63, 3.8) is 0 Å². The fourth-order valence-electron chi connectivity index (χ4n) is 3.95. The number of hydrogen-bond acceptors (Lipinski definition) is 4. The molecule has 0 N–H and O–H groups in total. The summed E-state index contributed by atoms with van der Waals surface area (Å²) in [4.78, 5) is 25.0. The summed E-state index contributed by atoms with van der Waals surface area (Å²) in [5.74, 6) is -0.499. The maximum Gasteiger partial charge on any atom is 0.417 e. The predicted molar refractivity (Wildman–Crippen MR) is 125 cm³/mol. The molecule has 0 bridgehead atoms. The number of sulfonamides is 1. The summed E-state index contributed by atoms with van der Waals surface area (Å²) in [6, 6.07) is 11.2. The number of ketones is 1. The molecule has 3 aromatic rings. The van der Waals surface area contributed by atoms with Crippen molar-refractivity contribution < 1.29 is 26.4 Å². The van der Waals surface area contributed by atoms with Gasteiger partial charge in [0.05, 0.1) is 17.0 Å². The Kier molecular flexibility index (Phi) is 6.90. The van der Waals surface area contributed by atoms with Crippen molar-refractivity contribution in [2.24, 2.45) is 0 Å². The van der Waals surface area contributed by atoms with Crippen molar-refractivity contribution in [1.29, 1.82) is 0 Å². The van der Waals surface area contributed by atoms with Crippen LogP contribution in [0.15, 0.2) is 70.5 Å². The Morgan fingerprint density at radius 3 is 2.26 bits per heavy atom. The maximum atomic E-state index is 13.4. The number of benzene rings is 2. The molecule has 11 heteroatoms. The van der Waals surface area contributed by atoms with Gasteiger partial charge in [-0.25, -0.2) is 8.42 Å². The van der Waals surface area contributed by atoms with Crippen LogP contribution in [0.3, 0.4) is 0 Å². The van der Waals surface area contributed by atoms with Crippen molar-refractivity contribution in [2.75, 3.05) is 13.1 Å². The molecule has 0 aliphatic carbocycles. The summed E-state index contributed by atoms with van der Waals surface area (Å²) in [5, 5.41) is -0.0488. The molecule has 6 nitrogen and oxygen atoms in total. The van der Waals surface area contributed by atoms with E-state index in [0.717, 1.165) is 35.7 Å². The molecule has 0 spiro atoms. The van der Waals surface area contributed by atoms with Crippen LogP contribution in [0.4, 0.5) is 13.2 Å². The van der Waals surface area contributed by atoms with Crippen molar-refractivity contribution in [3.05, 3.63) is 87.3 Å². The van der Waals surface area contributed by atoms with E-state index in [1.807, 2.05) is 0 Å². The summed E-state index contributed by atoms with van der Waals surface area (Å²) in [6.45, 7) is 0.378. The van der Waals surface area contributed by atoms with Crippen LogP contribution in [-0.2, 0) is 22.7 Å². The largest absolute Gasteiger partial charge is 0.417 e. The van der Waals surface area contributed by atoms with Gasteiger partial charge in [-0.2, -0.15) is 17.5 Å². The molecule has 0 unspecified atom stereocenters. The minimum atomic E-state index is -4.61. The third kappa shape index (κ3) is 5.34. The second-order valence-electron chi connectivity index (χ2n) is 8.13. The highest BCUT2D eigenvalue weighted by Gasteiger charge is 2.34. The van der Waals surface area contributed by atoms with E-state index in [9.17, 15) is 31.2 Å². The normalized spacial score (nSPS) is 14.9. The van der Waals surface area contributed by atoms with Gasteiger partial charge in [-0.3, -0.25) is 9.59 Å². The third-order valence-electron chi connectivity index (χ3n) is 5.78. The lowest BCUT2D eigenvalue weighted by atomic mass is 9.97. The van der Waals surface area contributed by atoms with Crippen LogP contribution >= 0.6 is 11.6 Å². The average molecular weight is 525 g/mol. The number of Topliss-reactive ketones (excluding diaryl/α,β-unsaturated/α-hetero) is 1. The molecule has 35 heavy (non-hydrogen) atoms. The molecule has 2 heterocycles. The molecule has 0 atom stereocenters. The summed E-state index contributed by atoms with van der Waals surface area (Å²) in [6.07, 6.45) is -1.95. The summed E-state index contributed by atoms with van der Waals surface area (Å²) >= 11 is 5.73. The predicted octanol–water partition coefficient (Wildman–Crippen LogP) is 4.85. The van der Waals surface area contributed by atoms with Crippen LogP contribution in [0, 0.1) is 0 Å². The molecule has 1 saturated heterocycles. The molecular weight excluding hydrogens is 505 g/mol. The van der Waals surface area contributed by atoms with E-state index >= 15 is 0 Å². The van der Waals surface area contributed by atoms with Crippen LogP contribution in [0.1, 0.15) is 28.8 Å². The summed E-state index contributed by atoms with van der Waals surface area (Å²) in [7, 11) is -3.77. The minimum absolute atomic E-state index is 0.0488. The molecule has 0 amide bonds. The van der Waals surface area contributed by atoms with Gasteiger partial charge in [0.25, 0.3) is 5.56 Å².